The predicted molar refractivity (Wildman–Crippen MR) is 42.9 cm³/mol. The van der Waals surface area contributed by atoms with Gasteiger partial charge in [0.05, 0.1) is 6.42 Å². The second-order valence-corrected chi connectivity index (χ2v) is 3.94. The Morgan fingerprint density at radius 1 is 0.700 bits per heavy atom. The fraction of sp³-hybridized carbons (Fsp3) is 1.00. The Morgan fingerprint density at radius 3 is 1.40 bits per heavy atom. The first-order valence-corrected chi connectivity index (χ1v) is 4.66. The molecule has 0 N–H and O–H groups in total. The molecule has 0 aromatic heterocycles. The van der Waals surface area contributed by atoms with E-state index in [0.717, 1.165) is 0 Å². The quantitative estimate of drug-likeness (QED) is 0.508. The highest BCUT2D eigenvalue weighted by Crippen LogP contribution is 2.45. The summed E-state index contributed by atoms with van der Waals surface area (Å²) >= 11 is 0. The van der Waals surface area contributed by atoms with E-state index < -0.39 is 36.8 Å². The van der Waals surface area contributed by atoms with Crippen molar-refractivity contribution >= 4 is 0 Å². The summed E-state index contributed by atoms with van der Waals surface area (Å²) in [4.78, 5) is 0. The van der Waals surface area contributed by atoms with Crippen LogP contribution in [0.25, 0.3) is 0 Å². The highest BCUT2D eigenvalue weighted by atomic mass is 19.3. The van der Waals surface area contributed by atoms with Crippen molar-refractivity contribution in [3.63, 3.8) is 0 Å². The third kappa shape index (κ3) is 6.59. The maximum absolute atomic E-state index is 12.7. The summed E-state index contributed by atoms with van der Waals surface area (Å²) in [6.45, 7) is -0.480. The molecule has 0 atom stereocenters. The van der Waals surface area contributed by atoms with Crippen LogP contribution in [0.3, 0.4) is 0 Å². The Bertz CT molecular complexity index is 329. The van der Waals surface area contributed by atoms with Crippen molar-refractivity contribution in [3.8, 4) is 0 Å². The van der Waals surface area contributed by atoms with Gasteiger partial charge in [-0.3, -0.25) is 0 Å². The van der Waals surface area contributed by atoms with Crippen LogP contribution < -0.4 is 0 Å². The molecule has 0 aromatic carbocycles. The van der Waals surface area contributed by atoms with Crippen LogP contribution in [0.15, 0.2) is 0 Å². The van der Waals surface area contributed by atoms with Crippen LogP contribution in [0.4, 0.5) is 43.9 Å². The molecule has 0 aliphatic heterocycles. The van der Waals surface area contributed by atoms with Gasteiger partial charge in [-0.1, -0.05) is 0 Å². The normalized spacial score (nSPS) is 15.6. The van der Waals surface area contributed by atoms with E-state index in [1.807, 2.05) is 0 Å². The van der Waals surface area contributed by atoms with Gasteiger partial charge in [0, 0.05) is 6.92 Å². The number of rotatable bonds is 7. The Morgan fingerprint density at radius 2 is 1.10 bits per heavy atom. The zero-order valence-corrected chi connectivity index (χ0v) is 9.80. The monoisotopic (exact) mass is 326 g/mol. The highest BCUT2D eigenvalue weighted by molar-refractivity contribution is 4.82. The molecule has 0 saturated carbocycles. The molecule has 0 heterocycles. The molecule has 0 aliphatic rings. The van der Waals surface area contributed by atoms with Crippen LogP contribution >= 0.6 is 0 Å². The number of ether oxygens (including phenoxy) is 2. The van der Waals surface area contributed by atoms with Crippen molar-refractivity contribution < 1.29 is 53.4 Å². The zero-order chi connectivity index (χ0) is 16.6. The lowest BCUT2D eigenvalue weighted by molar-refractivity contribution is -0.532. The summed E-state index contributed by atoms with van der Waals surface area (Å²) < 4.78 is 129. The van der Waals surface area contributed by atoms with E-state index in [0.29, 0.717) is 0 Å². The van der Waals surface area contributed by atoms with Crippen LogP contribution in [-0.4, -0.2) is 30.4 Å². The SMILES string of the molecule is CC(F)(F)CC(F)(F)C(F)(F)OC(F)(F)OC(C)(F)F. The van der Waals surface area contributed by atoms with Gasteiger partial charge in [0.2, 0.25) is 0 Å². The summed E-state index contributed by atoms with van der Waals surface area (Å²) in [5.74, 6) is -10.1. The first-order valence-electron chi connectivity index (χ1n) is 4.66. The summed E-state index contributed by atoms with van der Waals surface area (Å²) in [7, 11) is 0. The number of halogens is 10. The largest absolute Gasteiger partial charge is 0.495 e. The lowest BCUT2D eigenvalue weighted by atomic mass is 10.1. The number of alkyl halides is 10. The Balaban J connectivity index is 5.05. The molecule has 0 unspecified atom stereocenters. The average molecular weight is 326 g/mol. The molecule has 0 amide bonds. The molecule has 2 nitrogen and oxygen atoms in total. The molecule has 0 rings (SSSR count). The van der Waals surface area contributed by atoms with Gasteiger partial charge in [-0.25, -0.2) is 18.3 Å². The highest BCUT2D eigenvalue weighted by Gasteiger charge is 2.66. The smallest absolute Gasteiger partial charge is 0.230 e. The molecule has 0 aromatic rings. The molecule has 0 bridgehead atoms. The van der Waals surface area contributed by atoms with Crippen molar-refractivity contribution in [2.24, 2.45) is 0 Å². The third-order valence-corrected chi connectivity index (χ3v) is 1.50. The summed E-state index contributed by atoms with van der Waals surface area (Å²) in [5.41, 5.74) is 0. The van der Waals surface area contributed by atoms with E-state index >= 15 is 0 Å². The lowest BCUT2D eigenvalue weighted by Crippen LogP contribution is -2.51. The molecular weight excluding hydrogens is 318 g/mol. The molecular formula is C8H8F10O2. The van der Waals surface area contributed by atoms with E-state index in [-0.39, 0.29) is 13.8 Å². The van der Waals surface area contributed by atoms with Gasteiger partial charge >= 0.3 is 24.4 Å². The summed E-state index contributed by atoms with van der Waals surface area (Å²) in [5, 5.41) is 0. The lowest BCUT2D eigenvalue weighted by Gasteiger charge is -2.31. The fourth-order valence-electron chi connectivity index (χ4n) is 0.946. The minimum atomic E-state index is -6.17. The van der Waals surface area contributed by atoms with Gasteiger partial charge in [-0.2, -0.15) is 26.3 Å². The first kappa shape index (κ1) is 19.2. The molecule has 122 valence electrons. The first-order chi connectivity index (χ1) is 8.37. The van der Waals surface area contributed by atoms with Crippen molar-refractivity contribution in [1.82, 2.24) is 0 Å². The standard InChI is InChI=1S/C8H8F10O2/c1-4(9,10)3-6(13,14)7(15,16)20-8(17,18)19-5(2,11)12/h3H2,1-2H3. The van der Waals surface area contributed by atoms with E-state index in [2.05, 4.69) is 9.47 Å². The molecule has 12 heteroatoms. The van der Waals surface area contributed by atoms with Crippen molar-refractivity contribution in [2.45, 2.75) is 50.6 Å². The van der Waals surface area contributed by atoms with E-state index in [4.69, 9.17) is 0 Å². The van der Waals surface area contributed by atoms with Crippen LogP contribution in [0.5, 0.6) is 0 Å². The van der Waals surface area contributed by atoms with Gasteiger partial charge in [0.1, 0.15) is 0 Å². The molecule has 0 radical (unpaired) electrons. The van der Waals surface area contributed by atoms with E-state index in [9.17, 15) is 43.9 Å². The van der Waals surface area contributed by atoms with Crippen LogP contribution in [0.2, 0.25) is 0 Å². The molecule has 0 aliphatic carbocycles. The predicted octanol–water partition coefficient (Wildman–Crippen LogP) is 4.46. The topological polar surface area (TPSA) is 18.5 Å². The Kier molecular flexibility index (Phi) is 5.00. The zero-order valence-electron chi connectivity index (χ0n) is 9.80. The third-order valence-electron chi connectivity index (χ3n) is 1.50. The minimum absolute atomic E-state index is 0.175. The minimum Gasteiger partial charge on any atom is -0.230 e. The van der Waals surface area contributed by atoms with Crippen molar-refractivity contribution in [1.29, 1.82) is 0 Å². The maximum atomic E-state index is 12.7. The van der Waals surface area contributed by atoms with Gasteiger partial charge in [-0.15, -0.1) is 8.78 Å². The summed E-state index contributed by atoms with van der Waals surface area (Å²) in [6.07, 6.45) is -19.5. The van der Waals surface area contributed by atoms with Crippen LogP contribution in [-0.2, 0) is 9.47 Å². The van der Waals surface area contributed by atoms with Gasteiger partial charge in [0.25, 0.3) is 5.92 Å². The molecule has 20 heavy (non-hydrogen) atoms. The molecule has 0 fully saturated rings. The Hall–Kier alpha value is -0.780. The Labute approximate surface area is 105 Å². The van der Waals surface area contributed by atoms with Crippen LogP contribution in [0.1, 0.15) is 20.3 Å². The van der Waals surface area contributed by atoms with Gasteiger partial charge in [-0.05, 0) is 6.92 Å². The van der Waals surface area contributed by atoms with Gasteiger partial charge in [0.15, 0.2) is 0 Å². The maximum Gasteiger partial charge on any atom is 0.495 e. The number of hydrogen-bond donors (Lipinski definition) is 0. The van der Waals surface area contributed by atoms with E-state index in [1.165, 1.54) is 0 Å². The second-order valence-electron chi connectivity index (χ2n) is 3.94. The van der Waals surface area contributed by atoms with Crippen molar-refractivity contribution in [2.75, 3.05) is 0 Å². The summed E-state index contributed by atoms with van der Waals surface area (Å²) in [6, 6.07) is 0. The van der Waals surface area contributed by atoms with Gasteiger partial charge < -0.3 is 0 Å². The van der Waals surface area contributed by atoms with Crippen LogP contribution in [0, 0.1) is 0 Å². The second kappa shape index (κ2) is 5.20. The van der Waals surface area contributed by atoms with E-state index in [1.54, 1.807) is 0 Å². The fourth-order valence-corrected chi connectivity index (χ4v) is 0.946. The van der Waals surface area contributed by atoms with Crippen molar-refractivity contribution in [3.05, 3.63) is 0 Å². The molecule has 0 saturated heterocycles. The average Bonchev–Trinajstić information content (AvgIpc) is 1.88. The number of hydrogen-bond acceptors (Lipinski definition) is 2. The molecule has 0 spiro atoms.